The number of likely N-dealkylation sites (tertiary alicyclic amines) is 1. The number of benzene rings is 2. The molecule has 0 bridgehead atoms. The number of nitrogens with zero attached hydrogens (tertiary/aromatic N) is 3. The van der Waals surface area contributed by atoms with Gasteiger partial charge >= 0.3 is 0 Å². The fourth-order valence-electron chi connectivity index (χ4n) is 5.38. The van der Waals surface area contributed by atoms with Crippen molar-refractivity contribution in [3.63, 3.8) is 0 Å². The molecule has 1 N–H and O–H groups in total. The van der Waals surface area contributed by atoms with Crippen LogP contribution in [0.1, 0.15) is 29.2 Å². The average Bonchev–Trinajstić information content (AvgIpc) is 3.49. The molecule has 7 heteroatoms. The molecule has 1 aliphatic carbocycles. The third-order valence-corrected chi connectivity index (χ3v) is 6.86. The molecular weight excluding hydrogens is 382 g/mol. The minimum absolute atomic E-state index is 0.0218. The third kappa shape index (κ3) is 2.69. The Balaban J connectivity index is 1.24. The summed E-state index contributed by atoms with van der Waals surface area (Å²) in [5, 5.41) is 10.9. The van der Waals surface area contributed by atoms with Crippen LogP contribution in [-0.4, -0.2) is 51.5 Å². The summed E-state index contributed by atoms with van der Waals surface area (Å²) >= 11 is 0. The molecule has 3 heterocycles. The van der Waals surface area contributed by atoms with E-state index in [1.807, 2.05) is 47.6 Å². The molecule has 6 rings (SSSR count). The van der Waals surface area contributed by atoms with Gasteiger partial charge in [0.15, 0.2) is 11.5 Å². The maximum absolute atomic E-state index is 13.2. The van der Waals surface area contributed by atoms with Crippen molar-refractivity contribution in [1.82, 2.24) is 14.5 Å². The van der Waals surface area contributed by atoms with Crippen LogP contribution in [0.15, 0.2) is 48.8 Å². The van der Waals surface area contributed by atoms with E-state index in [4.69, 9.17) is 9.47 Å². The molecule has 0 unspecified atom stereocenters. The second-order valence-corrected chi connectivity index (χ2v) is 8.52. The summed E-state index contributed by atoms with van der Waals surface area (Å²) in [4.78, 5) is 19.6. The average molecular weight is 405 g/mol. The molecular formula is C23H23N3O4. The number of carbonyl (C=O) groups excluding carboxylic acids is 1. The Morgan fingerprint density at radius 1 is 1.03 bits per heavy atom. The van der Waals surface area contributed by atoms with Gasteiger partial charge in [0, 0.05) is 13.1 Å². The van der Waals surface area contributed by atoms with E-state index < -0.39 is 6.10 Å². The van der Waals surface area contributed by atoms with Crippen LogP contribution in [0.25, 0.3) is 11.0 Å². The normalized spacial score (nSPS) is 27.4. The predicted octanol–water partition coefficient (Wildman–Crippen LogP) is 2.85. The molecule has 2 aromatic carbocycles. The van der Waals surface area contributed by atoms with Crippen molar-refractivity contribution in [2.75, 3.05) is 19.9 Å². The number of fused-ring (bicyclic) bond motifs is 3. The number of hydrogen-bond acceptors (Lipinski definition) is 5. The van der Waals surface area contributed by atoms with Crippen molar-refractivity contribution in [3.05, 3.63) is 54.4 Å². The van der Waals surface area contributed by atoms with Crippen molar-refractivity contribution >= 4 is 16.9 Å². The lowest BCUT2D eigenvalue weighted by molar-refractivity contribution is 0.0374. The Morgan fingerprint density at radius 2 is 1.87 bits per heavy atom. The van der Waals surface area contributed by atoms with E-state index in [1.54, 1.807) is 6.07 Å². The lowest BCUT2D eigenvalue weighted by Gasteiger charge is -2.36. The van der Waals surface area contributed by atoms with Crippen LogP contribution >= 0.6 is 0 Å². The summed E-state index contributed by atoms with van der Waals surface area (Å²) < 4.78 is 13.1. The van der Waals surface area contributed by atoms with Crippen LogP contribution in [0.3, 0.4) is 0 Å². The van der Waals surface area contributed by atoms with Gasteiger partial charge in [-0.1, -0.05) is 18.2 Å². The van der Waals surface area contributed by atoms with Gasteiger partial charge < -0.3 is 24.0 Å². The number of rotatable bonds is 2. The summed E-state index contributed by atoms with van der Waals surface area (Å²) in [6.45, 7) is 1.52. The highest BCUT2D eigenvalue weighted by molar-refractivity contribution is 5.98. The zero-order valence-electron chi connectivity index (χ0n) is 16.5. The first-order chi connectivity index (χ1) is 14.7. The minimum atomic E-state index is -0.448. The highest BCUT2D eigenvalue weighted by Crippen LogP contribution is 2.43. The van der Waals surface area contributed by atoms with Gasteiger partial charge in [0.1, 0.15) is 0 Å². The van der Waals surface area contributed by atoms with Crippen LogP contribution in [0.2, 0.25) is 0 Å². The van der Waals surface area contributed by atoms with Crippen LogP contribution in [0.4, 0.5) is 0 Å². The molecule has 154 valence electrons. The predicted molar refractivity (Wildman–Crippen MR) is 109 cm³/mol. The molecule has 1 aromatic heterocycles. The van der Waals surface area contributed by atoms with Crippen molar-refractivity contribution in [3.8, 4) is 11.5 Å². The first-order valence-electron chi connectivity index (χ1n) is 10.5. The van der Waals surface area contributed by atoms with Crippen molar-refractivity contribution < 1.29 is 19.4 Å². The lowest BCUT2D eigenvalue weighted by atomic mass is 9.77. The van der Waals surface area contributed by atoms with E-state index in [1.165, 1.54) is 0 Å². The molecule has 1 saturated carbocycles. The van der Waals surface area contributed by atoms with Crippen molar-refractivity contribution in [2.24, 2.45) is 11.8 Å². The zero-order valence-corrected chi connectivity index (χ0v) is 16.5. The summed E-state index contributed by atoms with van der Waals surface area (Å²) in [6.07, 6.45) is 2.92. The van der Waals surface area contributed by atoms with Crippen LogP contribution in [0, 0.1) is 11.8 Å². The topological polar surface area (TPSA) is 76.8 Å². The second kappa shape index (κ2) is 6.74. The Bertz CT molecular complexity index is 1130. The Hall–Kier alpha value is -3.06. The number of aliphatic hydroxyl groups is 1. The molecule has 3 aromatic rings. The number of aromatic nitrogens is 2. The van der Waals surface area contributed by atoms with Gasteiger partial charge in [-0.25, -0.2) is 4.98 Å². The molecule has 2 fully saturated rings. The van der Waals surface area contributed by atoms with E-state index in [9.17, 15) is 9.90 Å². The maximum atomic E-state index is 13.2. The number of para-hydroxylation sites is 3. The van der Waals surface area contributed by atoms with E-state index >= 15 is 0 Å². The molecule has 0 radical (unpaired) electrons. The number of amides is 1. The number of aliphatic hydroxyl groups excluding tert-OH is 1. The third-order valence-electron chi connectivity index (χ3n) is 6.86. The highest BCUT2D eigenvalue weighted by Gasteiger charge is 2.44. The minimum Gasteiger partial charge on any atom is -0.454 e. The number of ether oxygens (including phenoxy) is 2. The Labute approximate surface area is 173 Å². The van der Waals surface area contributed by atoms with Gasteiger partial charge in [-0.15, -0.1) is 0 Å². The van der Waals surface area contributed by atoms with E-state index in [0.29, 0.717) is 48.4 Å². The van der Waals surface area contributed by atoms with Gasteiger partial charge in [0.05, 0.1) is 35.1 Å². The van der Waals surface area contributed by atoms with Gasteiger partial charge in [0.2, 0.25) is 6.79 Å². The maximum Gasteiger partial charge on any atom is 0.257 e. The Kier molecular flexibility index (Phi) is 3.99. The van der Waals surface area contributed by atoms with Gasteiger partial charge in [0.25, 0.3) is 5.91 Å². The molecule has 7 nitrogen and oxygen atoms in total. The van der Waals surface area contributed by atoms with Crippen molar-refractivity contribution in [1.29, 1.82) is 0 Å². The van der Waals surface area contributed by atoms with Crippen LogP contribution in [-0.2, 0) is 0 Å². The summed E-state index contributed by atoms with van der Waals surface area (Å²) in [6, 6.07) is 13.4. The van der Waals surface area contributed by atoms with Crippen LogP contribution in [0.5, 0.6) is 11.5 Å². The standard InChI is InChI=1S/C23H23N3O4/c27-20-9-15-11-25(23(28)16-4-3-7-21-22(16)30-13-29-21)10-14(15)8-19(20)26-12-24-17-5-1-2-6-18(17)26/h1-7,12,14-15,19-20,27H,8-11,13H2/t14-,15+,19-,20-/m1/s1. The first kappa shape index (κ1) is 17.8. The number of hydrogen-bond donors (Lipinski definition) is 1. The largest absolute Gasteiger partial charge is 0.454 e. The zero-order chi connectivity index (χ0) is 20.2. The highest BCUT2D eigenvalue weighted by atomic mass is 16.7. The van der Waals surface area contributed by atoms with Gasteiger partial charge in [-0.3, -0.25) is 4.79 Å². The summed E-state index contributed by atoms with van der Waals surface area (Å²) in [5.41, 5.74) is 2.54. The monoisotopic (exact) mass is 405 g/mol. The second-order valence-electron chi connectivity index (χ2n) is 8.52. The number of carbonyl (C=O) groups is 1. The fraction of sp³-hybridized carbons (Fsp3) is 0.391. The molecule has 0 spiro atoms. The molecule has 1 amide bonds. The van der Waals surface area contributed by atoms with Crippen LogP contribution < -0.4 is 9.47 Å². The Morgan fingerprint density at radius 3 is 2.77 bits per heavy atom. The van der Waals surface area contributed by atoms with Crippen molar-refractivity contribution in [2.45, 2.75) is 25.0 Å². The fourth-order valence-corrected chi connectivity index (χ4v) is 5.38. The van der Waals surface area contributed by atoms with Gasteiger partial charge in [-0.05, 0) is 48.9 Å². The molecule has 1 saturated heterocycles. The SMILES string of the molecule is O=C(c1cccc2c1OCO2)N1C[C@H]2C[C@@H](n3cnc4ccccc43)[C@H](O)C[C@H]2C1. The smallest absolute Gasteiger partial charge is 0.257 e. The molecule has 3 aliphatic rings. The first-order valence-corrected chi connectivity index (χ1v) is 10.5. The van der Waals surface area contributed by atoms with E-state index in [-0.39, 0.29) is 18.7 Å². The summed E-state index contributed by atoms with van der Waals surface area (Å²) in [7, 11) is 0. The summed E-state index contributed by atoms with van der Waals surface area (Å²) in [5.74, 6) is 1.81. The lowest BCUT2D eigenvalue weighted by Crippen LogP contribution is -2.36. The quantitative estimate of drug-likeness (QED) is 0.710. The molecule has 2 aliphatic heterocycles. The molecule has 4 atom stereocenters. The van der Waals surface area contributed by atoms with E-state index in [2.05, 4.69) is 9.55 Å². The van der Waals surface area contributed by atoms with Gasteiger partial charge in [-0.2, -0.15) is 0 Å². The van der Waals surface area contributed by atoms with E-state index in [0.717, 1.165) is 17.5 Å². The number of imidazole rings is 1. The molecule has 30 heavy (non-hydrogen) atoms.